The number of Topliss-reactive ketones (excluding diaryl/α,β-unsaturated/α-hetero) is 1. The highest BCUT2D eigenvalue weighted by Gasteiger charge is 2.10. The predicted molar refractivity (Wildman–Crippen MR) is 95.3 cm³/mol. The monoisotopic (exact) mass is 395 g/mol. The van der Waals surface area contributed by atoms with Gasteiger partial charge in [0.1, 0.15) is 5.82 Å². The fourth-order valence-corrected chi connectivity index (χ4v) is 3.12. The zero-order valence-corrected chi connectivity index (χ0v) is 14.8. The number of carbonyl (C=O) groups is 2. The Morgan fingerprint density at radius 1 is 1.22 bits per heavy atom. The van der Waals surface area contributed by atoms with Crippen LogP contribution in [0.5, 0.6) is 0 Å². The number of hydrogen-bond donors (Lipinski definition) is 1. The third-order valence-electron chi connectivity index (χ3n) is 3.09. The van der Waals surface area contributed by atoms with Gasteiger partial charge in [0.2, 0.25) is 5.91 Å². The molecule has 0 heterocycles. The molecule has 1 N–H and O–H groups in total. The highest BCUT2D eigenvalue weighted by Crippen LogP contribution is 2.20. The van der Waals surface area contributed by atoms with E-state index in [1.54, 1.807) is 36.4 Å². The predicted octanol–water partition coefficient (Wildman–Crippen LogP) is 4.66. The van der Waals surface area contributed by atoms with Crippen molar-refractivity contribution in [3.05, 3.63) is 63.9 Å². The average molecular weight is 396 g/mol. The van der Waals surface area contributed by atoms with Crippen LogP contribution in [0.2, 0.25) is 0 Å². The second-order valence-corrected chi connectivity index (χ2v) is 6.78. The summed E-state index contributed by atoms with van der Waals surface area (Å²) in [5.74, 6) is -0.0382. The van der Waals surface area contributed by atoms with Gasteiger partial charge in [0.25, 0.3) is 0 Å². The molecule has 2 aromatic rings. The Kier molecular flexibility index (Phi) is 6.36. The van der Waals surface area contributed by atoms with E-state index >= 15 is 0 Å². The van der Waals surface area contributed by atoms with Crippen molar-refractivity contribution in [2.24, 2.45) is 0 Å². The molecule has 3 nitrogen and oxygen atoms in total. The van der Waals surface area contributed by atoms with Gasteiger partial charge in [-0.1, -0.05) is 34.1 Å². The van der Waals surface area contributed by atoms with Gasteiger partial charge in [0, 0.05) is 15.8 Å². The normalized spacial score (nSPS) is 10.4. The van der Waals surface area contributed by atoms with E-state index in [9.17, 15) is 14.0 Å². The van der Waals surface area contributed by atoms with Crippen LogP contribution >= 0.6 is 27.7 Å². The summed E-state index contributed by atoms with van der Waals surface area (Å²) < 4.78 is 14.4. The SMILES string of the molecule is CC(=O)c1ccccc1NC(=O)CSCc1ccc(Br)cc1F. The second kappa shape index (κ2) is 8.26. The maximum Gasteiger partial charge on any atom is 0.234 e. The smallest absolute Gasteiger partial charge is 0.234 e. The number of rotatable bonds is 6. The van der Waals surface area contributed by atoms with Crippen molar-refractivity contribution in [1.29, 1.82) is 0 Å². The number of anilines is 1. The van der Waals surface area contributed by atoms with Crippen molar-refractivity contribution in [3.8, 4) is 0 Å². The van der Waals surface area contributed by atoms with Crippen LogP contribution in [0.15, 0.2) is 46.9 Å². The number of halogens is 2. The molecular formula is C17H15BrFNO2S. The molecule has 120 valence electrons. The molecule has 1 amide bonds. The molecule has 0 aliphatic rings. The number of amides is 1. The van der Waals surface area contributed by atoms with Gasteiger partial charge in [-0.25, -0.2) is 4.39 Å². The lowest BCUT2D eigenvalue weighted by atomic mass is 10.1. The quantitative estimate of drug-likeness (QED) is 0.723. The number of carbonyl (C=O) groups excluding carboxylic acids is 2. The summed E-state index contributed by atoms with van der Waals surface area (Å²) >= 11 is 4.52. The molecule has 0 aromatic heterocycles. The molecule has 0 bridgehead atoms. The number of benzene rings is 2. The third-order valence-corrected chi connectivity index (χ3v) is 4.56. The summed E-state index contributed by atoms with van der Waals surface area (Å²) in [6.07, 6.45) is 0. The van der Waals surface area contributed by atoms with Gasteiger partial charge in [0.05, 0.1) is 11.4 Å². The first-order valence-corrected chi connectivity index (χ1v) is 8.83. The molecule has 0 radical (unpaired) electrons. The molecule has 0 unspecified atom stereocenters. The van der Waals surface area contributed by atoms with E-state index in [0.717, 1.165) is 0 Å². The fourth-order valence-electron chi connectivity index (χ4n) is 1.98. The number of hydrogen-bond acceptors (Lipinski definition) is 3. The zero-order chi connectivity index (χ0) is 16.8. The first-order chi connectivity index (χ1) is 11.0. The third kappa shape index (κ3) is 5.18. The first kappa shape index (κ1) is 17.7. The van der Waals surface area contributed by atoms with Crippen LogP contribution in [0.3, 0.4) is 0 Å². The lowest BCUT2D eigenvalue weighted by Gasteiger charge is -2.09. The minimum Gasteiger partial charge on any atom is -0.325 e. The molecular weight excluding hydrogens is 381 g/mol. The summed E-state index contributed by atoms with van der Waals surface area (Å²) in [7, 11) is 0. The highest BCUT2D eigenvalue weighted by atomic mass is 79.9. The molecule has 0 spiro atoms. The Hall–Kier alpha value is -1.66. The zero-order valence-electron chi connectivity index (χ0n) is 12.4. The summed E-state index contributed by atoms with van der Waals surface area (Å²) in [5.41, 5.74) is 1.53. The van der Waals surface area contributed by atoms with E-state index in [4.69, 9.17) is 0 Å². The molecule has 0 saturated heterocycles. The minimum atomic E-state index is -0.297. The second-order valence-electron chi connectivity index (χ2n) is 4.88. The van der Waals surface area contributed by atoms with E-state index in [0.29, 0.717) is 27.0 Å². The molecule has 2 aromatic carbocycles. The van der Waals surface area contributed by atoms with Gasteiger partial charge in [0.15, 0.2) is 5.78 Å². The lowest BCUT2D eigenvalue weighted by molar-refractivity contribution is -0.113. The van der Waals surface area contributed by atoms with E-state index in [1.165, 1.54) is 24.8 Å². The van der Waals surface area contributed by atoms with Crippen LogP contribution in [0.1, 0.15) is 22.8 Å². The Morgan fingerprint density at radius 3 is 2.65 bits per heavy atom. The van der Waals surface area contributed by atoms with E-state index in [1.807, 2.05) is 0 Å². The maximum absolute atomic E-state index is 13.7. The van der Waals surface area contributed by atoms with Crippen LogP contribution in [-0.4, -0.2) is 17.4 Å². The fraction of sp³-hybridized carbons (Fsp3) is 0.176. The number of thioether (sulfide) groups is 1. The van der Waals surface area contributed by atoms with Crippen molar-refractivity contribution in [1.82, 2.24) is 0 Å². The van der Waals surface area contributed by atoms with Gasteiger partial charge in [-0.15, -0.1) is 11.8 Å². The van der Waals surface area contributed by atoms with Crippen molar-refractivity contribution in [3.63, 3.8) is 0 Å². The summed E-state index contributed by atoms with van der Waals surface area (Å²) in [6, 6.07) is 11.7. The van der Waals surface area contributed by atoms with Crippen LogP contribution < -0.4 is 5.32 Å². The van der Waals surface area contributed by atoms with Crippen LogP contribution in [0.4, 0.5) is 10.1 Å². The molecule has 23 heavy (non-hydrogen) atoms. The Bertz CT molecular complexity index is 736. The Labute approximate surface area is 146 Å². The minimum absolute atomic E-state index is 0.106. The Morgan fingerprint density at radius 2 is 1.96 bits per heavy atom. The molecule has 0 aliphatic heterocycles. The standard InChI is InChI=1S/C17H15BrFNO2S/c1-11(21)14-4-2-3-5-16(14)20-17(22)10-23-9-12-6-7-13(18)8-15(12)19/h2-8H,9-10H2,1H3,(H,20,22). The van der Waals surface area contributed by atoms with Crippen LogP contribution in [0.25, 0.3) is 0 Å². The number of nitrogens with one attached hydrogen (secondary N) is 1. The van der Waals surface area contributed by atoms with E-state index in [2.05, 4.69) is 21.2 Å². The number of ketones is 1. The maximum atomic E-state index is 13.7. The topological polar surface area (TPSA) is 46.2 Å². The number of para-hydroxylation sites is 1. The molecule has 0 saturated carbocycles. The highest BCUT2D eigenvalue weighted by molar-refractivity contribution is 9.10. The van der Waals surface area contributed by atoms with E-state index < -0.39 is 0 Å². The average Bonchev–Trinajstić information content (AvgIpc) is 2.50. The largest absolute Gasteiger partial charge is 0.325 e. The van der Waals surface area contributed by atoms with Crippen molar-refractivity contribution in [2.75, 3.05) is 11.1 Å². The summed E-state index contributed by atoms with van der Waals surface area (Å²) in [4.78, 5) is 23.5. The van der Waals surface area contributed by atoms with Gasteiger partial charge in [-0.05, 0) is 36.8 Å². The van der Waals surface area contributed by atoms with Crippen molar-refractivity contribution in [2.45, 2.75) is 12.7 Å². The molecule has 6 heteroatoms. The molecule has 0 atom stereocenters. The van der Waals surface area contributed by atoms with Crippen LogP contribution in [-0.2, 0) is 10.5 Å². The van der Waals surface area contributed by atoms with Crippen molar-refractivity contribution < 1.29 is 14.0 Å². The molecule has 0 fully saturated rings. The lowest BCUT2D eigenvalue weighted by Crippen LogP contribution is -2.16. The summed E-state index contributed by atoms with van der Waals surface area (Å²) in [5, 5.41) is 2.72. The van der Waals surface area contributed by atoms with Crippen molar-refractivity contribution >= 4 is 45.1 Å². The van der Waals surface area contributed by atoms with Gasteiger partial charge in [-0.2, -0.15) is 0 Å². The van der Waals surface area contributed by atoms with Crippen LogP contribution in [0, 0.1) is 5.82 Å². The van der Waals surface area contributed by atoms with Gasteiger partial charge in [-0.3, -0.25) is 9.59 Å². The molecule has 0 aliphatic carbocycles. The first-order valence-electron chi connectivity index (χ1n) is 6.89. The van der Waals surface area contributed by atoms with E-state index in [-0.39, 0.29) is 23.3 Å². The molecule has 2 rings (SSSR count). The van der Waals surface area contributed by atoms with Gasteiger partial charge >= 0.3 is 0 Å². The summed E-state index contributed by atoms with van der Waals surface area (Å²) in [6.45, 7) is 1.45. The van der Waals surface area contributed by atoms with Gasteiger partial charge < -0.3 is 5.32 Å². The Balaban J connectivity index is 1.90.